The standard InChI is InChI=1S/C23H26N6O2S/c1-14-19-16(13-17(18-9-8-12-32-18)25-20(19)29(3)27-14)21(30)26-23(10-6-4-5-7-11-23)22-24-15(2)31-28-22/h8-9,12-13H,4-7,10-11H2,1-3H3,(H,26,30). The molecule has 0 unspecified atom stereocenters. The zero-order valence-corrected chi connectivity index (χ0v) is 19.3. The molecular formula is C23H26N6O2S. The van der Waals surface area contributed by atoms with Crippen LogP contribution in [-0.2, 0) is 12.6 Å². The first-order valence-electron chi connectivity index (χ1n) is 11.0. The molecule has 0 bridgehead atoms. The lowest BCUT2D eigenvalue weighted by Crippen LogP contribution is -2.46. The average molecular weight is 451 g/mol. The fraction of sp³-hybridized carbons (Fsp3) is 0.435. The highest BCUT2D eigenvalue weighted by atomic mass is 32.1. The monoisotopic (exact) mass is 450 g/mol. The summed E-state index contributed by atoms with van der Waals surface area (Å²) >= 11 is 1.60. The van der Waals surface area contributed by atoms with E-state index >= 15 is 0 Å². The summed E-state index contributed by atoms with van der Waals surface area (Å²) in [6.07, 6.45) is 5.86. The zero-order chi connectivity index (χ0) is 22.3. The number of carbonyl (C=O) groups is 1. The number of nitrogens with one attached hydrogen (secondary N) is 1. The summed E-state index contributed by atoms with van der Waals surface area (Å²) < 4.78 is 7.04. The fourth-order valence-electron chi connectivity index (χ4n) is 4.69. The van der Waals surface area contributed by atoms with Gasteiger partial charge in [0, 0.05) is 14.0 Å². The van der Waals surface area contributed by atoms with Crippen LogP contribution in [0.3, 0.4) is 0 Å². The highest BCUT2D eigenvalue weighted by Crippen LogP contribution is 2.36. The summed E-state index contributed by atoms with van der Waals surface area (Å²) in [5, 5.41) is 14.9. The van der Waals surface area contributed by atoms with E-state index in [4.69, 9.17) is 9.51 Å². The molecule has 9 heteroatoms. The minimum absolute atomic E-state index is 0.157. The number of aryl methyl sites for hydroxylation is 3. The van der Waals surface area contributed by atoms with E-state index in [1.807, 2.05) is 37.6 Å². The van der Waals surface area contributed by atoms with Crippen LogP contribution in [0.2, 0.25) is 0 Å². The molecule has 1 aliphatic carbocycles. The molecule has 32 heavy (non-hydrogen) atoms. The molecule has 0 aliphatic heterocycles. The minimum atomic E-state index is -0.639. The Morgan fingerprint density at radius 1 is 1.19 bits per heavy atom. The van der Waals surface area contributed by atoms with E-state index in [1.165, 1.54) is 0 Å². The number of rotatable bonds is 4. The van der Waals surface area contributed by atoms with Crippen LogP contribution >= 0.6 is 11.3 Å². The molecule has 0 atom stereocenters. The van der Waals surface area contributed by atoms with Gasteiger partial charge < -0.3 is 9.84 Å². The van der Waals surface area contributed by atoms with Crippen LogP contribution in [0.5, 0.6) is 0 Å². The van der Waals surface area contributed by atoms with Crippen molar-refractivity contribution >= 4 is 28.3 Å². The molecule has 0 spiro atoms. The highest BCUT2D eigenvalue weighted by Gasteiger charge is 2.39. The van der Waals surface area contributed by atoms with E-state index in [2.05, 4.69) is 20.6 Å². The van der Waals surface area contributed by atoms with Gasteiger partial charge in [0.1, 0.15) is 5.54 Å². The third-order valence-corrected chi connectivity index (χ3v) is 7.14. The summed E-state index contributed by atoms with van der Waals surface area (Å²) in [7, 11) is 1.86. The molecule has 4 aromatic heterocycles. The number of hydrogen-bond donors (Lipinski definition) is 1. The first-order valence-corrected chi connectivity index (χ1v) is 11.9. The normalized spacial score (nSPS) is 16.2. The lowest BCUT2D eigenvalue weighted by molar-refractivity contribution is 0.0878. The molecule has 8 nitrogen and oxygen atoms in total. The van der Waals surface area contributed by atoms with Crippen LogP contribution in [0.1, 0.15) is 66.3 Å². The van der Waals surface area contributed by atoms with Crippen molar-refractivity contribution < 1.29 is 9.32 Å². The van der Waals surface area contributed by atoms with Crippen molar-refractivity contribution in [2.45, 2.75) is 57.9 Å². The molecule has 0 radical (unpaired) electrons. The number of aromatic nitrogens is 5. The van der Waals surface area contributed by atoms with Gasteiger partial charge in [0.05, 0.1) is 27.2 Å². The Balaban J connectivity index is 1.62. The second-order valence-electron chi connectivity index (χ2n) is 8.53. The average Bonchev–Trinajstić information content (AvgIpc) is 3.48. The lowest BCUT2D eigenvalue weighted by atomic mass is 9.88. The molecule has 0 aromatic carbocycles. The van der Waals surface area contributed by atoms with Crippen LogP contribution in [-0.4, -0.2) is 30.8 Å². The maximum absolute atomic E-state index is 13.8. The van der Waals surface area contributed by atoms with E-state index in [9.17, 15) is 4.79 Å². The number of carbonyl (C=O) groups excluding carboxylic acids is 1. The van der Waals surface area contributed by atoms with Gasteiger partial charge in [-0.05, 0) is 37.3 Å². The quantitative estimate of drug-likeness (QED) is 0.454. The van der Waals surface area contributed by atoms with Crippen molar-refractivity contribution in [3.8, 4) is 10.6 Å². The van der Waals surface area contributed by atoms with E-state index < -0.39 is 5.54 Å². The molecule has 4 heterocycles. The Morgan fingerprint density at radius 2 is 1.97 bits per heavy atom. The highest BCUT2D eigenvalue weighted by molar-refractivity contribution is 7.13. The summed E-state index contributed by atoms with van der Waals surface area (Å²) in [4.78, 5) is 24.2. The molecule has 1 amide bonds. The van der Waals surface area contributed by atoms with Gasteiger partial charge in [-0.15, -0.1) is 11.3 Å². The summed E-state index contributed by atoms with van der Waals surface area (Å²) in [6.45, 7) is 3.69. The van der Waals surface area contributed by atoms with Crippen molar-refractivity contribution in [3.05, 3.63) is 46.6 Å². The molecule has 166 valence electrons. The fourth-order valence-corrected chi connectivity index (χ4v) is 5.38. The predicted octanol–water partition coefficient (Wildman–Crippen LogP) is 4.68. The molecular weight excluding hydrogens is 424 g/mol. The Hall–Kier alpha value is -3.07. The summed E-state index contributed by atoms with van der Waals surface area (Å²) in [5.74, 6) is 0.917. The molecule has 1 N–H and O–H groups in total. The van der Waals surface area contributed by atoms with Gasteiger partial charge in [-0.1, -0.05) is 36.9 Å². The van der Waals surface area contributed by atoms with Crippen LogP contribution in [0.4, 0.5) is 0 Å². The number of amides is 1. The van der Waals surface area contributed by atoms with Gasteiger partial charge in [-0.3, -0.25) is 9.48 Å². The van der Waals surface area contributed by atoms with Crippen LogP contribution in [0.25, 0.3) is 21.6 Å². The van der Waals surface area contributed by atoms with Crippen molar-refractivity contribution in [3.63, 3.8) is 0 Å². The van der Waals surface area contributed by atoms with Gasteiger partial charge >= 0.3 is 0 Å². The van der Waals surface area contributed by atoms with Crippen molar-refractivity contribution in [1.29, 1.82) is 0 Å². The second-order valence-corrected chi connectivity index (χ2v) is 9.48. The number of fused-ring (bicyclic) bond motifs is 1. The van der Waals surface area contributed by atoms with Crippen molar-refractivity contribution in [1.82, 2.24) is 30.2 Å². The Bertz CT molecular complexity index is 1270. The maximum Gasteiger partial charge on any atom is 0.252 e. The molecule has 5 rings (SSSR count). The minimum Gasteiger partial charge on any atom is -0.340 e. The van der Waals surface area contributed by atoms with E-state index in [1.54, 1.807) is 22.9 Å². The van der Waals surface area contributed by atoms with Crippen molar-refractivity contribution in [2.24, 2.45) is 7.05 Å². The molecule has 4 aromatic rings. The maximum atomic E-state index is 13.8. The number of nitrogens with zero attached hydrogens (tertiary/aromatic N) is 5. The topological polar surface area (TPSA) is 98.7 Å². The van der Waals surface area contributed by atoms with Gasteiger partial charge in [-0.25, -0.2) is 4.98 Å². The van der Waals surface area contributed by atoms with E-state index in [-0.39, 0.29) is 5.91 Å². The predicted molar refractivity (Wildman–Crippen MR) is 122 cm³/mol. The first kappa shape index (κ1) is 20.8. The Kier molecular flexibility index (Phi) is 5.28. The van der Waals surface area contributed by atoms with Gasteiger partial charge in [0.2, 0.25) is 5.89 Å². The molecule has 1 fully saturated rings. The van der Waals surface area contributed by atoms with Gasteiger partial charge in [-0.2, -0.15) is 10.1 Å². The zero-order valence-electron chi connectivity index (χ0n) is 18.5. The van der Waals surface area contributed by atoms with E-state index in [0.29, 0.717) is 22.9 Å². The van der Waals surface area contributed by atoms with Crippen LogP contribution in [0.15, 0.2) is 28.1 Å². The summed E-state index contributed by atoms with van der Waals surface area (Å²) in [6, 6.07) is 5.88. The molecule has 0 saturated heterocycles. The van der Waals surface area contributed by atoms with Crippen LogP contribution < -0.4 is 5.32 Å². The van der Waals surface area contributed by atoms with Gasteiger partial charge in [0.15, 0.2) is 11.5 Å². The SMILES string of the molecule is Cc1nc(C2(NC(=O)c3cc(-c4cccs4)nc4c3c(C)nn4C)CCCCCC2)no1. The second kappa shape index (κ2) is 8.12. The first-order chi connectivity index (χ1) is 15.5. The number of hydrogen-bond acceptors (Lipinski definition) is 7. The number of pyridine rings is 1. The van der Waals surface area contributed by atoms with Gasteiger partial charge in [0.25, 0.3) is 5.91 Å². The Labute approximate surface area is 190 Å². The third kappa shape index (κ3) is 3.60. The number of thiophene rings is 1. The van der Waals surface area contributed by atoms with E-state index in [0.717, 1.165) is 60.2 Å². The third-order valence-electron chi connectivity index (χ3n) is 6.25. The Morgan fingerprint density at radius 3 is 2.62 bits per heavy atom. The van der Waals surface area contributed by atoms with Crippen molar-refractivity contribution in [2.75, 3.05) is 0 Å². The lowest BCUT2D eigenvalue weighted by Gasteiger charge is -2.31. The smallest absolute Gasteiger partial charge is 0.252 e. The largest absolute Gasteiger partial charge is 0.340 e. The molecule has 1 aliphatic rings. The molecule has 1 saturated carbocycles. The summed E-state index contributed by atoms with van der Waals surface area (Å²) in [5.41, 5.74) is 2.19. The van der Waals surface area contributed by atoms with Crippen LogP contribution in [0, 0.1) is 13.8 Å².